The number of esters is 1. The molecule has 1 heterocycles. The van der Waals surface area contributed by atoms with Crippen LogP contribution in [0.5, 0.6) is 0 Å². The van der Waals surface area contributed by atoms with E-state index in [9.17, 15) is 4.79 Å². The highest BCUT2D eigenvalue weighted by atomic mass is 16.6. The van der Waals surface area contributed by atoms with E-state index in [0.29, 0.717) is 25.6 Å². The van der Waals surface area contributed by atoms with Crippen molar-refractivity contribution >= 4 is 5.97 Å². The Hall–Kier alpha value is -0.690. The average molecular weight is 258 g/mol. The van der Waals surface area contributed by atoms with Crippen LogP contribution in [0.1, 0.15) is 33.6 Å². The van der Waals surface area contributed by atoms with Crippen molar-refractivity contribution in [3.8, 4) is 0 Å². The second kappa shape index (κ2) is 5.52. The highest BCUT2D eigenvalue weighted by molar-refractivity contribution is 5.79. The molecule has 18 heavy (non-hydrogen) atoms. The minimum Gasteiger partial charge on any atom is -0.457 e. The first-order chi connectivity index (χ1) is 8.16. The second-order valence-electron chi connectivity index (χ2n) is 5.99. The minimum absolute atomic E-state index is 0.496. The maximum atomic E-state index is 12.0. The Labute approximate surface area is 109 Å². The van der Waals surface area contributed by atoms with E-state index in [0.717, 1.165) is 12.8 Å². The lowest BCUT2D eigenvalue weighted by Crippen LogP contribution is -2.70. The average Bonchev–Trinajstić information content (AvgIpc) is 2.27. The Morgan fingerprint density at radius 3 is 2.17 bits per heavy atom. The fourth-order valence-electron chi connectivity index (χ4n) is 2.03. The van der Waals surface area contributed by atoms with E-state index in [2.05, 4.69) is 0 Å². The van der Waals surface area contributed by atoms with Gasteiger partial charge in [0.15, 0.2) is 0 Å². The lowest BCUT2D eigenvalue weighted by molar-refractivity contribution is -0.171. The van der Waals surface area contributed by atoms with Crippen LogP contribution in [0.25, 0.3) is 0 Å². The summed E-state index contributed by atoms with van der Waals surface area (Å²) in [7, 11) is 0. The number of likely N-dealkylation sites (tertiary alicyclic amines) is 1. The standard InChI is InChI=1S/C12H26N4O2/c1-11(2,3)18-10(17)12(14,15)16-6-4-9(8-13)5-7-16/h9H,4-8,13-15H2,1-3H3. The molecule has 1 aliphatic rings. The van der Waals surface area contributed by atoms with Gasteiger partial charge in [-0.3, -0.25) is 16.4 Å². The molecule has 6 nitrogen and oxygen atoms in total. The second-order valence-corrected chi connectivity index (χ2v) is 5.99. The lowest BCUT2D eigenvalue weighted by Gasteiger charge is -2.41. The zero-order chi connectivity index (χ0) is 14.0. The van der Waals surface area contributed by atoms with Crippen LogP contribution < -0.4 is 17.2 Å². The molecule has 0 saturated carbocycles. The molecule has 0 radical (unpaired) electrons. The molecule has 1 saturated heterocycles. The number of carbonyl (C=O) groups excluding carboxylic acids is 1. The van der Waals surface area contributed by atoms with E-state index in [1.54, 1.807) is 25.7 Å². The molecule has 6 heteroatoms. The Morgan fingerprint density at radius 1 is 1.28 bits per heavy atom. The SMILES string of the molecule is CC(C)(C)OC(=O)C(N)(N)N1CCC(CN)CC1. The highest BCUT2D eigenvalue weighted by Gasteiger charge is 2.41. The molecule has 0 unspecified atom stereocenters. The molecule has 0 spiro atoms. The van der Waals surface area contributed by atoms with Crippen molar-refractivity contribution in [2.24, 2.45) is 23.1 Å². The molecule has 106 valence electrons. The molecule has 0 aromatic heterocycles. The van der Waals surface area contributed by atoms with E-state index >= 15 is 0 Å². The van der Waals surface area contributed by atoms with Crippen LogP contribution >= 0.6 is 0 Å². The molecule has 1 fully saturated rings. The van der Waals surface area contributed by atoms with Crippen LogP contribution in [0.15, 0.2) is 0 Å². The smallest absolute Gasteiger partial charge is 0.357 e. The number of ether oxygens (including phenoxy) is 1. The first-order valence-corrected chi connectivity index (χ1v) is 6.43. The van der Waals surface area contributed by atoms with Crippen molar-refractivity contribution in [1.29, 1.82) is 0 Å². The van der Waals surface area contributed by atoms with Gasteiger partial charge in [0.2, 0.25) is 5.79 Å². The third-order valence-electron chi connectivity index (χ3n) is 3.20. The summed E-state index contributed by atoms with van der Waals surface area (Å²) in [5.74, 6) is -1.63. The summed E-state index contributed by atoms with van der Waals surface area (Å²) >= 11 is 0. The fourth-order valence-corrected chi connectivity index (χ4v) is 2.03. The number of nitrogens with two attached hydrogens (primary N) is 3. The van der Waals surface area contributed by atoms with E-state index in [1.807, 2.05) is 0 Å². The van der Waals surface area contributed by atoms with Gasteiger partial charge in [-0.1, -0.05) is 0 Å². The Kier molecular flexibility index (Phi) is 4.72. The Morgan fingerprint density at radius 2 is 1.78 bits per heavy atom. The van der Waals surface area contributed by atoms with Gasteiger partial charge in [0, 0.05) is 13.1 Å². The summed E-state index contributed by atoms with van der Waals surface area (Å²) < 4.78 is 5.25. The van der Waals surface area contributed by atoms with Crippen molar-refractivity contribution < 1.29 is 9.53 Å². The first-order valence-electron chi connectivity index (χ1n) is 6.43. The van der Waals surface area contributed by atoms with Crippen molar-refractivity contribution in [3.63, 3.8) is 0 Å². The zero-order valence-electron chi connectivity index (χ0n) is 11.6. The summed E-state index contributed by atoms with van der Waals surface area (Å²) in [6, 6.07) is 0. The third-order valence-corrected chi connectivity index (χ3v) is 3.20. The molecule has 0 aromatic rings. The summed E-state index contributed by atoms with van der Waals surface area (Å²) in [4.78, 5) is 13.8. The highest BCUT2D eigenvalue weighted by Crippen LogP contribution is 2.20. The molecule has 0 bridgehead atoms. The van der Waals surface area contributed by atoms with Gasteiger partial charge in [0.1, 0.15) is 5.60 Å². The number of hydrogen-bond donors (Lipinski definition) is 3. The van der Waals surface area contributed by atoms with Crippen LogP contribution in [0, 0.1) is 5.92 Å². The summed E-state index contributed by atoms with van der Waals surface area (Å²) in [6.45, 7) is 7.40. The maximum absolute atomic E-state index is 12.0. The van der Waals surface area contributed by atoms with Crippen LogP contribution in [0.2, 0.25) is 0 Å². The molecule has 0 atom stereocenters. The quantitative estimate of drug-likeness (QED) is 0.468. The van der Waals surface area contributed by atoms with Gasteiger partial charge in [-0.2, -0.15) is 0 Å². The maximum Gasteiger partial charge on any atom is 0.357 e. The van der Waals surface area contributed by atoms with Crippen molar-refractivity contribution in [3.05, 3.63) is 0 Å². The van der Waals surface area contributed by atoms with Gasteiger partial charge in [-0.25, -0.2) is 4.79 Å². The third kappa shape index (κ3) is 3.91. The zero-order valence-corrected chi connectivity index (χ0v) is 11.6. The Bertz CT molecular complexity index is 291. The summed E-state index contributed by atoms with van der Waals surface area (Å²) in [5, 5.41) is 0. The van der Waals surface area contributed by atoms with Crippen LogP contribution in [-0.2, 0) is 9.53 Å². The number of nitrogens with zero attached hydrogens (tertiary/aromatic N) is 1. The van der Waals surface area contributed by atoms with Crippen LogP contribution in [-0.4, -0.2) is 41.9 Å². The molecule has 6 N–H and O–H groups in total. The molecule has 0 aromatic carbocycles. The van der Waals surface area contributed by atoms with Gasteiger partial charge < -0.3 is 10.5 Å². The largest absolute Gasteiger partial charge is 0.457 e. The molecule has 1 rings (SSSR count). The number of rotatable bonds is 3. The Balaban J connectivity index is 2.61. The fraction of sp³-hybridized carbons (Fsp3) is 0.917. The predicted molar refractivity (Wildman–Crippen MR) is 70.3 cm³/mol. The molecule has 0 aliphatic carbocycles. The number of piperidine rings is 1. The number of hydrogen-bond acceptors (Lipinski definition) is 6. The van der Waals surface area contributed by atoms with Crippen molar-refractivity contribution in [1.82, 2.24) is 4.90 Å². The minimum atomic E-state index is -1.55. The van der Waals surface area contributed by atoms with Gasteiger partial charge in [0.25, 0.3) is 0 Å². The number of carbonyl (C=O) groups is 1. The lowest BCUT2D eigenvalue weighted by atomic mass is 9.96. The van der Waals surface area contributed by atoms with Gasteiger partial charge in [-0.15, -0.1) is 0 Å². The molecule has 1 aliphatic heterocycles. The predicted octanol–water partition coefficient (Wildman–Crippen LogP) is -0.430. The van der Waals surface area contributed by atoms with Gasteiger partial charge in [0.05, 0.1) is 0 Å². The normalized spacial score (nSPS) is 19.9. The van der Waals surface area contributed by atoms with E-state index in [-0.39, 0.29) is 0 Å². The summed E-state index contributed by atoms with van der Waals surface area (Å²) in [6.07, 6.45) is 1.82. The van der Waals surface area contributed by atoms with Gasteiger partial charge >= 0.3 is 5.97 Å². The van der Waals surface area contributed by atoms with E-state index in [1.165, 1.54) is 0 Å². The van der Waals surface area contributed by atoms with Crippen molar-refractivity contribution in [2.75, 3.05) is 19.6 Å². The molecular formula is C12H26N4O2. The summed E-state index contributed by atoms with van der Waals surface area (Å²) in [5.41, 5.74) is 16.9. The van der Waals surface area contributed by atoms with E-state index < -0.39 is 17.4 Å². The molecule has 0 amide bonds. The van der Waals surface area contributed by atoms with Crippen LogP contribution in [0.3, 0.4) is 0 Å². The molecular weight excluding hydrogens is 232 g/mol. The van der Waals surface area contributed by atoms with Crippen LogP contribution in [0.4, 0.5) is 0 Å². The monoisotopic (exact) mass is 258 g/mol. The topological polar surface area (TPSA) is 108 Å². The van der Waals surface area contributed by atoms with Gasteiger partial charge in [-0.05, 0) is 46.1 Å². The first kappa shape index (κ1) is 15.4. The van der Waals surface area contributed by atoms with E-state index in [4.69, 9.17) is 21.9 Å². The van der Waals surface area contributed by atoms with Crippen molar-refractivity contribution in [2.45, 2.75) is 45.0 Å².